The molecule has 2 heterocycles. The molecule has 0 aliphatic rings. The maximum Gasteiger partial charge on any atom is 0.253 e. The first kappa shape index (κ1) is 13.5. The third-order valence-corrected chi connectivity index (χ3v) is 3.81. The van der Waals surface area contributed by atoms with Crippen LogP contribution in [0, 0.1) is 0 Å². The van der Waals surface area contributed by atoms with E-state index in [2.05, 4.69) is 28.7 Å². The number of rotatable bonds is 5. The smallest absolute Gasteiger partial charge is 0.253 e. The molecule has 19 heavy (non-hydrogen) atoms. The van der Waals surface area contributed by atoms with Gasteiger partial charge in [0.15, 0.2) is 0 Å². The number of carbonyl (C=O) groups excluding carboxylic acids is 1. The number of nitrogens with two attached hydrogens (primary N) is 1. The van der Waals surface area contributed by atoms with E-state index in [1.807, 2.05) is 5.38 Å². The first-order valence-corrected chi connectivity index (χ1v) is 6.88. The number of nitrogens with one attached hydrogen (secondary N) is 2. The van der Waals surface area contributed by atoms with E-state index in [4.69, 9.17) is 5.84 Å². The molecule has 0 fully saturated rings. The van der Waals surface area contributed by atoms with Gasteiger partial charge in [-0.05, 0) is 29.5 Å². The fourth-order valence-corrected chi connectivity index (χ4v) is 2.72. The van der Waals surface area contributed by atoms with Crippen LogP contribution in [0.2, 0.25) is 0 Å². The molecule has 0 bridgehead atoms. The van der Waals surface area contributed by atoms with E-state index in [0.29, 0.717) is 17.8 Å². The predicted octanol–water partition coefficient (Wildman–Crippen LogP) is 1.92. The average Bonchev–Trinajstić information content (AvgIpc) is 2.92. The van der Waals surface area contributed by atoms with Crippen molar-refractivity contribution in [1.82, 2.24) is 10.3 Å². The summed E-state index contributed by atoms with van der Waals surface area (Å²) in [6.45, 7) is 2.64. The number of thiophene rings is 1. The second kappa shape index (κ2) is 6.31. The Balaban J connectivity index is 2.05. The van der Waals surface area contributed by atoms with Gasteiger partial charge in [0.1, 0.15) is 0 Å². The Bertz CT molecular complexity index is 567. The summed E-state index contributed by atoms with van der Waals surface area (Å²) in [5.41, 5.74) is 4.75. The van der Waals surface area contributed by atoms with Gasteiger partial charge < -0.3 is 10.7 Å². The van der Waals surface area contributed by atoms with E-state index in [9.17, 15) is 4.79 Å². The molecule has 0 aliphatic heterocycles. The van der Waals surface area contributed by atoms with Crippen molar-refractivity contribution in [3.8, 4) is 0 Å². The van der Waals surface area contributed by atoms with Gasteiger partial charge >= 0.3 is 0 Å². The Morgan fingerprint density at radius 2 is 2.32 bits per heavy atom. The van der Waals surface area contributed by atoms with Gasteiger partial charge in [-0.2, -0.15) is 0 Å². The van der Waals surface area contributed by atoms with Crippen LogP contribution in [0.3, 0.4) is 0 Å². The van der Waals surface area contributed by atoms with E-state index in [0.717, 1.165) is 6.42 Å². The standard InChI is InChI=1S/C13H16N4OS/c1-2-9-4-6-19-12(9)8-16-13(18)10-3-5-15-7-11(10)17-14/h3-7,17H,2,8,14H2,1H3,(H,16,18). The minimum atomic E-state index is -0.161. The fourth-order valence-electron chi connectivity index (χ4n) is 1.80. The van der Waals surface area contributed by atoms with Crippen LogP contribution in [-0.4, -0.2) is 10.9 Å². The highest BCUT2D eigenvalue weighted by molar-refractivity contribution is 7.10. The second-order valence-corrected chi connectivity index (χ2v) is 4.97. The van der Waals surface area contributed by atoms with Gasteiger partial charge in [-0.25, -0.2) is 0 Å². The summed E-state index contributed by atoms with van der Waals surface area (Å²) in [4.78, 5) is 17.2. The Kier molecular flexibility index (Phi) is 4.48. The number of nitrogens with zero attached hydrogens (tertiary/aromatic N) is 1. The molecule has 2 aromatic rings. The molecule has 0 spiro atoms. The molecular weight excluding hydrogens is 260 g/mol. The normalized spacial score (nSPS) is 10.2. The van der Waals surface area contributed by atoms with Gasteiger partial charge in [-0.15, -0.1) is 11.3 Å². The van der Waals surface area contributed by atoms with E-state index in [1.165, 1.54) is 16.6 Å². The molecule has 0 saturated carbocycles. The molecule has 0 atom stereocenters. The summed E-state index contributed by atoms with van der Waals surface area (Å²) in [5.74, 6) is 5.20. The van der Waals surface area contributed by atoms with Crippen molar-refractivity contribution in [2.24, 2.45) is 5.84 Å². The number of anilines is 1. The topological polar surface area (TPSA) is 80.0 Å². The first-order valence-electron chi connectivity index (χ1n) is 6.00. The van der Waals surface area contributed by atoms with E-state index in [1.54, 1.807) is 23.6 Å². The number of hydrazine groups is 1. The number of hydrogen-bond donors (Lipinski definition) is 3. The maximum atomic E-state index is 12.1. The monoisotopic (exact) mass is 276 g/mol. The van der Waals surface area contributed by atoms with E-state index >= 15 is 0 Å². The number of nitrogen functional groups attached to an aromatic ring is 1. The molecule has 100 valence electrons. The summed E-state index contributed by atoms with van der Waals surface area (Å²) < 4.78 is 0. The van der Waals surface area contributed by atoms with Crippen molar-refractivity contribution in [2.45, 2.75) is 19.9 Å². The molecule has 1 amide bonds. The Labute approximate surface area is 115 Å². The number of hydrogen-bond acceptors (Lipinski definition) is 5. The van der Waals surface area contributed by atoms with Crippen molar-refractivity contribution < 1.29 is 4.79 Å². The summed E-state index contributed by atoms with van der Waals surface area (Å²) in [6.07, 6.45) is 4.06. The number of pyridine rings is 1. The van der Waals surface area contributed by atoms with Gasteiger partial charge in [0.25, 0.3) is 5.91 Å². The van der Waals surface area contributed by atoms with Crippen molar-refractivity contribution in [2.75, 3.05) is 5.43 Å². The van der Waals surface area contributed by atoms with Crippen LogP contribution in [0.1, 0.15) is 27.7 Å². The third kappa shape index (κ3) is 3.10. The van der Waals surface area contributed by atoms with Gasteiger partial charge in [0.05, 0.1) is 24.0 Å². The minimum Gasteiger partial charge on any atom is -0.347 e. The molecule has 0 aromatic carbocycles. The molecule has 6 heteroatoms. The molecule has 5 nitrogen and oxygen atoms in total. The lowest BCUT2D eigenvalue weighted by molar-refractivity contribution is 0.0952. The van der Waals surface area contributed by atoms with Gasteiger partial charge in [-0.1, -0.05) is 6.92 Å². The summed E-state index contributed by atoms with van der Waals surface area (Å²) in [6, 6.07) is 3.73. The molecular formula is C13H16N4OS. The van der Waals surface area contributed by atoms with Crippen molar-refractivity contribution in [3.63, 3.8) is 0 Å². The van der Waals surface area contributed by atoms with Gasteiger partial charge in [0, 0.05) is 11.1 Å². The zero-order chi connectivity index (χ0) is 13.7. The molecule has 4 N–H and O–H groups in total. The largest absolute Gasteiger partial charge is 0.347 e. The molecule has 0 aliphatic carbocycles. The fraction of sp³-hybridized carbons (Fsp3) is 0.231. The van der Waals surface area contributed by atoms with Crippen LogP contribution in [0.25, 0.3) is 0 Å². The van der Waals surface area contributed by atoms with Crippen molar-refractivity contribution in [1.29, 1.82) is 0 Å². The highest BCUT2D eigenvalue weighted by Crippen LogP contribution is 2.18. The zero-order valence-corrected chi connectivity index (χ0v) is 11.5. The summed E-state index contributed by atoms with van der Waals surface area (Å²) in [5, 5.41) is 4.94. The molecule has 0 radical (unpaired) electrons. The quantitative estimate of drug-likeness (QED) is 0.576. The van der Waals surface area contributed by atoms with Gasteiger partial charge in [0.2, 0.25) is 0 Å². The van der Waals surface area contributed by atoms with Crippen LogP contribution < -0.4 is 16.6 Å². The predicted molar refractivity (Wildman–Crippen MR) is 76.9 cm³/mol. The highest BCUT2D eigenvalue weighted by Gasteiger charge is 2.11. The zero-order valence-electron chi connectivity index (χ0n) is 10.6. The van der Waals surface area contributed by atoms with Crippen LogP contribution in [-0.2, 0) is 13.0 Å². The maximum absolute atomic E-state index is 12.1. The Hall–Kier alpha value is -1.92. The lowest BCUT2D eigenvalue weighted by Gasteiger charge is -2.09. The lowest BCUT2D eigenvalue weighted by atomic mass is 10.2. The number of aromatic nitrogens is 1. The second-order valence-electron chi connectivity index (χ2n) is 3.97. The van der Waals surface area contributed by atoms with Gasteiger partial charge in [-0.3, -0.25) is 15.6 Å². The SMILES string of the molecule is CCc1ccsc1CNC(=O)c1ccncc1NN. The number of amides is 1. The minimum absolute atomic E-state index is 0.161. The molecule has 2 rings (SSSR count). The van der Waals surface area contributed by atoms with Crippen LogP contribution in [0.4, 0.5) is 5.69 Å². The van der Waals surface area contributed by atoms with E-state index < -0.39 is 0 Å². The van der Waals surface area contributed by atoms with Crippen LogP contribution in [0.5, 0.6) is 0 Å². The lowest BCUT2D eigenvalue weighted by Crippen LogP contribution is -2.24. The first-order chi connectivity index (χ1) is 9.26. The number of aryl methyl sites for hydroxylation is 1. The Morgan fingerprint density at radius 3 is 3.05 bits per heavy atom. The molecule has 0 saturated heterocycles. The average molecular weight is 276 g/mol. The van der Waals surface area contributed by atoms with E-state index in [-0.39, 0.29) is 5.91 Å². The Morgan fingerprint density at radius 1 is 1.47 bits per heavy atom. The van der Waals surface area contributed by atoms with Crippen molar-refractivity contribution >= 4 is 22.9 Å². The van der Waals surface area contributed by atoms with Crippen molar-refractivity contribution in [3.05, 3.63) is 45.9 Å². The van der Waals surface area contributed by atoms with Crippen LogP contribution >= 0.6 is 11.3 Å². The van der Waals surface area contributed by atoms with Crippen LogP contribution in [0.15, 0.2) is 29.9 Å². The molecule has 2 aromatic heterocycles. The third-order valence-electron chi connectivity index (χ3n) is 2.85. The summed E-state index contributed by atoms with van der Waals surface area (Å²) in [7, 11) is 0. The molecule has 0 unspecified atom stereocenters. The summed E-state index contributed by atoms with van der Waals surface area (Å²) >= 11 is 1.65. The highest BCUT2D eigenvalue weighted by atomic mass is 32.1. The number of carbonyl (C=O) groups is 1.